The van der Waals surface area contributed by atoms with Gasteiger partial charge in [-0.05, 0) is 24.6 Å². The molecule has 10 nitrogen and oxygen atoms in total. The first kappa shape index (κ1) is 21.4. The molecule has 1 saturated heterocycles. The first-order valence-electron chi connectivity index (χ1n) is 9.29. The molecule has 1 aliphatic heterocycles. The largest absolute Gasteiger partial charge is 0.483 e. The summed E-state index contributed by atoms with van der Waals surface area (Å²) in [5.74, 6) is 0.200. The number of rotatable bonds is 5. The molecule has 3 aromatic rings. The lowest BCUT2D eigenvalue weighted by Crippen LogP contribution is -2.32. The Morgan fingerprint density at radius 2 is 2.13 bits per heavy atom. The van der Waals surface area contributed by atoms with Crippen LogP contribution in [0.3, 0.4) is 0 Å². The SMILES string of the molecule is CCc1nnc(CNC(=O)C2CC(=O)N(c3nc4ccc(C)cc4s3)C2)o1.O=CO. The molecule has 1 atom stereocenters. The summed E-state index contributed by atoms with van der Waals surface area (Å²) in [5, 5.41) is 18.0. The third kappa shape index (κ3) is 4.79. The maximum Gasteiger partial charge on any atom is 0.290 e. The summed E-state index contributed by atoms with van der Waals surface area (Å²) in [6.07, 6.45) is 0.819. The fraction of sp³-hybridized carbons (Fsp3) is 0.368. The molecule has 1 aromatic carbocycles. The third-order valence-corrected chi connectivity index (χ3v) is 5.53. The van der Waals surface area contributed by atoms with Gasteiger partial charge in [-0.3, -0.25) is 19.3 Å². The minimum atomic E-state index is -0.417. The summed E-state index contributed by atoms with van der Waals surface area (Å²) in [7, 11) is 0. The fourth-order valence-corrected chi connectivity index (χ4v) is 4.10. The zero-order valence-corrected chi connectivity index (χ0v) is 17.3. The second kappa shape index (κ2) is 9.44. The highest BCUT2D eigenvalue weighted by atomic mass is 32.1. The molecule has 0 saturated carbocycles. The number of carbonyl (C=O) groups is 3. The fourth-order valence-electron chi connectivity index (χ4n) is 3.01. The van der Waals surface area contributed by atoms with Gasteiger partial charge in [0, 0.05) is 19.4 Å². The van der Waals surface area contributed by atoms with E-state index in [4.69, 9.17) is 14.3 Å². The van der Waals surface area contributed by atoms with Crippen molar-refractivity contribution in [1.82, 2.24) is 20.5 Å². The van der Waals surface area contributed by atoms with E-state index in [1.54, 1.807) is 4.90 Å². The van der Waals surface area contributed by atoms with E-state index in [9.17, 15) is 9.59 Å². The Morgan fingerprint density at radius 3 is 2.83 bits per heavy atom. The monoisotopic (exact) mass is 431 g/mol. The van der Waals surface area contributed by atoms with Crippen LogP contribution in [0, 0.1) is 12.8 Å². The van der Waals surface area contributed by atoms with Crippen molar-refractivity contribution in [3.8, 4) is 0 Å². The Labute approximate surface area is 175 Å². The second-order valence-corrected chi connectivity index (χ2v) is 7.65. The standard InChI is InChI=1S/C18H19N5O3S.CH2O2/c1-3-14-21-22-15(26-14)8-19-17(25)11-7-16(24)23(9-11)18-20-12-5-4-10(2)6-13(12)27-18;2-1-3/h4-6,11H,3,7-9H2,1-2H3,(H,19,25);1H,(H,2,3). The lowest BCUT2D eigenvalue weighted by atomic mass is 10.1. The number of fused-ring (bicyclic) bond motifs is 1. The van der Waals surface area contributed by atoms with Crippen molar-refractivity contribution in [1.29, 1.82) is 0 Å². The van der Waals surface area contributed by atoms with Crippen LogP contribution in [0.15, 0.2) is 22.6 Å². The number of carbonyl (C=O) groups excluding carboxylic acids is 2. The normalized spacial score (nSPS) is 15.7. The van der Waals surface area contributed by atoms with Gasteiger partial charge in [-0.25, -0.2) is 4.98 Å². The van der Waals surface area contributed by atoms with E-state index >= 15 is 0 Å². The first-order valence-corrected chi connectivity index (χ1v) is 10.1. The number of benzene rings is 1. The van der Waals surface area contributed by atoms with E-state index in [0.717, 1.165) is 15.8 Å². The van der Waals surface area contributed by atoms with Gasteiger partial charge < -0.3 is 14.8 Å². The van der Waals surface area contributed by atoms with Crippen molar-refractivity contribution in [3.63, 3.8) is 0 Å². The van der Waals surface area contributed by atoms with Crippen LogP contribution in [0.5, 0.6) is 0 Å². The predicted octanol–water partition coefficient (Wildman–Crippen LogP) is 1.92. The first-order chi connectivity index (χ1) is 14.4. The van der Waals surface area contributed by atoms with E-state index in [1.807, 2.05) is 26.0 Å². The van der Waals surface area contributed by atoms with Crippen LogP contribution in [0.2, 0.25) is 0 Å². The highest BCUT2D eigenvalue weighted by Gasteiger charge is 2.36. The zero-order valence-electron chi connectivity index (χ0n) is 16.5. The molecule has 30 heavy (non-hydrogen) atoms. The summed E-state index contributed by atoms with van der Waals surface area (Å²) < 4.78 is 6.41. The summed E-state index contributed by atoms with van der Waals surface area (Å²) in [6, 6.07) is 6.00. The molecular weight excluding hydrogens is 410 g/mol. The van der Waals surface area contributed by atoms with Gasteiger partial charge in [-0.2, -0.15) is 0 Å². The Morgan fingerprint density at radius 1 is 1.40 bits per heavy atom. The molecule has 0 bridgehead atoms. The van der Waals surface area contributed by atoms with Crippen LogP contribution in [-0.4, -0.2) is 45.1 Å². The van der Waals surface area contributed by atoms with E-state index in [2.05, 4.69) is 26.6 Å². The molecule has 1 aliphatic rings. The number of nitrogens with zero attached hydrogens (tertiary/aromatic N) is 4. The van der Waals surface area contributed by atoms with Crippen LogP contribution in [0.4, 0.5) is 5.13 Å². The predicted molar refractivity (Wildman–Crippen MR) is 109 cm³/mol. The van der Waals surface area contributed by atoms with Gasteiger partial charge in [-0.1, -0.05) is 24.3 Å². The molecular formula is C19H21N5O5S. The summed E-state index contributed by atoms with van der Waals surface area (Å²) in [5.41, 5.74) is 2.01. The average molecular weight is 431 g/mol. The van der Waals surface area contributed by atoms with Crippen LogP contribution in [-0.2, 0) is 27.3 Å². The summed E-state index contributed by atoms with van der Waals surface area (Å²) >= 11 is 1.47. The number of hydrogen-bond donors (Lipinski definition) is 2. The van der Waals surface area contributed by atoms with Crippen LogP contribution < -0.4 is 10.2 Å². The van der Waals surface area contributed by atoms with Crippen LogP contribution in [0.25, 0.3) is 10.2 Å². The average Bonchev–Trinajstić information content (AvgIpc) is 3.44. The minimum Gasteiger partial charge on any atom is -0.483 e. The van der Waals surface area contributed by atoms with E-state index < -0.39 is 5.92 Å². The molecule has 158 valence electrons. The van der Waals surface area contributed by atoms with Crippen molar-refractivity contribution in [2.75, 3.05) is 11.4 Å². The highest BCUT2D eigenvalue weighted by molar-refractivity contribution is 7.22. The number of aromatic nitrogens is 3. The van der Waals surface area contributed by atoms with Gasteiger partial charge in [0.25, 0.3) is 6.47 Å². The number of aryl methyl sites for hydroxylation is 2. The van der Waals surface area contributed by atoms with Crippen molar-refractivity contribution < 1.29 is 23.9 Å². The van der Waals surface area contributed by atoms with Gasteiger partial charge >= 0.3 is 0 Å². The second-order valence-electron chi connectivity index (χ2n) is 6.64. The molecule has 2 N–H and O–H groups in total. The molecule has 0 spiro atoms. The molecule has 4 rings (SSSR count). The van der Waals surface area contributed by atoms with Crippen molar-refractivity contribution >= 4 is 45.0 Å². The number of hydrogen-bond acceptors (Lipinski definition) is 8. The maximum absolute atomic E-state index is 12.4. The van der Waals surface area contributed by atoms with Crippen molar-refractivity contribution in [2.45, 2.75) is 33.2 Å². The molecule has 1 unspecified atom stereocenters. The molecule has 1 fully saturated rings. The highest BCUT2D eigenvalue weighted by Crippen LogP contribution is 2.33. The third-order valence-electron chi connectivity index (χ3n) is 4.48. The van der Waals surface area contributed by atoms with Gasteiger partial charge in [0.05, 0.1) is 22.7 Å². The quantitative estimate of drug-likeness (QED) is 0.584. The molecule has 0 aliphatic carbocycles. The Bertz CT molecular complexity index is 1060. The van der Waals surface area contributed by atoms with Gasteiger partial charge in [0.15, 0.2) is 5.13 Å². The topological polar surface area (TPSA) is 139 Å². The van der Waals surface area contributed by atoms with Crippen molar-refractivity contribution in [3.05, 3.63) is 35.5 Å². The Hall–Kier alpha value is -3.34. The summed E-state index contributed by atoms with van der Waals surface area (Å²) in [4.78, 5) is 39.4. The number of thiazole rings is 1. The van der Waals surface area contributed by atoms with Crippen LogP contribution in [0.1, 0.15) is 30.7 Å². The Kier molecular flexibility index (Phi) is 6.72. The van der Waals surface area contributed by atoms with E-state index in [0.29, 0.717) is 29.9 Å². The number of carboxylic acid groups (broad SMARTS) is 1. The number of amides is 2. The Balaban J connectivity index is 0.000000806. The van der Waals surface area contributed by atoms with Gasteiger partial charge in [0.1, 0.15) is 0 Å². The molecule has 2 aromatic heterocycles. The van der Waals surface area contributed by atoms with Crippen LogP contribution >= 0.6 is 11.3 Å². The van der Waals surface area contributed by atoms with E-state index in [-0.39, 0.29) is 31.3 Å². The number of anilines is 1. The minimum absolute atomic E-state index is 0.0861. The number of nitrogens with one attached hydrogen (secondary N) is 1. The van der Waals surface area contributed by atoms with Gasteiger partial charge in [-0.15, -0.1) is 10.2 Å². The molecule has 0 radical (unpaired) electrons. The summed E-state index contributed by atoms with van der Waals surface area (Å²) in [6.45, 7) is 4.18. The molecule has 11 heteroatoms. The smallest absolute Gasteiger partial charge is 0.290 e. The zero-order chi connectivity index (χ0) is 21.7. The van der Waals surface area contributed by atoms with Gasteiger partial charge in [0.2, 0.25) is 23.6 Å². The van der Waals surface area contributed by atoms with E-state index in [1.165, 1.54) is 11.3 Å². The lowest BCUT2D eigenvalue weighted by Gasteiger charge is -2.12. The maximum atomic E-state index is 12.4. The lowest BCUT2D eigenvalue weighted by molar-refractivity contribution is -0.126. The molecule has 3 heterocycles. The molecule has 2 amide bonds. The van der Waals surface area contributed by atoms with Crippen molar-refractivity contribution in [2.24, 2.45) is 5.92 Å².